The molecular weight excluding hydrogens is 441 g/mol. The molecule has 0 heterocycles. The fraction of sp³-hybridized carbons (Fsp3) is 1.00. The van der Waals surface area contributed by atoms with E-state index in [0.717, 1.165) is 6.16 Å². The Balaban J connectivity index is -0.000000167. The van der Waals surface area contributed by atoms with E-state index in [-0.39, 0.29) is 17.7 Å². The van der Waals surface area contributed by atoms with Gasteiger partial charge in [-0.15, -0.1) is 0 Å². The van der Waals surface area contributed by atoms with Gasteiger partial charge in [-0.2, -0.15) is 0 Å². The molecule has 0 spiro atoms. The Hall–Kier alpha value is 0.570. The van der Waals surface area contributed by atoms with Crippen molar-refractivity contribution < 1.29 is 27.3 Å². The van der Waals surface area contributed by atoms with E-state index in [2.05, 4.69) is 0 Å². The zero-order valence-electron chi connectivity index (χ0n) is 21.7. The van der Waals surface area contributed by atoms with Crippen molar-refractivity contribution in [2.24, 2.45) is 0 Å². The zero-order chi connectivity index (χ0) is 24.5. The largest absolute Gasteiger partial charge is 0.335 e. The highest BCUT2D eigenvalue weighted by atomic mass is 31.2. The average Bonchev–Trinajstić information content (AvgIpc) is 2.52. The second kappa shape index (κ2) is 14.0. The van der Waals surface area contributed by atoms with Crippen molar-refractivity contribution in [3.63, 3.8) is 0 Å². The summed E-state index contributed by atoms with van der Waals surface area (Å²) >= 11 is 0. The third-order valence-electron chi connectivity index (χ3n) is 4.92. The van der Waals surface area contributed by atoms with E-state index in [9.17, 15) is 13.7 Å². The van der Waals surface area contributed by atoms with Crippen molar-refractivity contribution in [1.29, 1.82) is 0 Å². The molecule has 0 saturated heterocycles. The van der Waals surface area contributed by atoms with Crippen LogP contribution in [0.1, 0.15) is 83.6 Å². The Labute approximate surface area is 189 Å². The lowest BCUT2D eigenvalue weighted by Gasteiger charge is -2.26. The van der Waals surface area contributed by atoms with Crippen molar-refractivity contribution in [1.82, 2.24) is 0 Å². The van der Waals surface area contributed by atoms with Crippen molar-refractivity contribution in [3.05, 3.63) is 0 Å². The van der Waals surface area contributed by atoms with E-state index in [1.807, 2.05) is 82.8 Å². The van der Waals surface area contributed by atoms with Crippen LogP contribution in [0.4, 0.5) is 0 Å². The standard InChI is InChI=1S/C7H17O2P.C7H17OP.C6H15O3P.CH4/c1-6-9-10(5,8)7(2,3)4;1-6-9(5,8)7(2,3)4;1-6(2,3)10(7,8-4)9-5;/h6H2,1-5H3;6H2,1-5H3;1-5H3;1H4. The molecule has 0 aliphatic heterocycles. The first kappa shape index (κ1) is 37.9. The molecule has 0 saturated carbocycles. The molecule has 30 heavy (non-hydrogen) atoms. The van der Waals surface area contributed by atoms with Gasteiger partial charge in [0.05, 0.1) is 18.9 Å². The summed E-state index contributed by atoms with van der Waals surface area (Å²) in [6.45, 7) is 25.3. The van der Waals surface area contributed by atoms with Crippen LogP contribution in [-0.4, -0.2) is 55.8 Å². The van der Waals surface area contributed by atoms with Crippen LogP contribution in [-0.2, 0) is 27.3 Å². The van der Waals surface area contributed by atoms with E-state index in [1.165, 1.54) is 14.2 Å². The predicted octanol–water partition coefficient (Wildman–Crippen LogP) is 8.43. The van der Waals surface area contributed by atoms with Crippen LogP contribution in [0.2, 0.25) is 0 Å². The summed E-state index contributed by atoms with van der Waals surface area (Å²) in [5.41, 5.74) is 0. The fourth-order valence-corrected chi connectivity index (χ4v) is 4.61. The second-order valence-electron chi connectivity index (χ2n) is 10.1. The van der Waals surface area contributed by atoms with Gasteiger partial charge in [-0.25, -0.2) is 0 Å². The summed E-state index contributed by atoms with van der Waals surface area (Å²) in [6.07, 6.45) is 0.816. The SMILES string of the molecule is C.CCOP(C)(=O)C(C)(C)C.CCP(C)(=O)C(C)(C)C.COP(=O)(OC)C(C)(C)C. The Bertz CT molecular complexity index is 587. The molecule has 0 radical (unpaired) electrons. The van der Waals surface area contributed by atoms with Gasteiger partial charge in [-0.1, -0.05) is 55.9 Å². The highest BCUT2D eigenvalue weighted by Crippen LogP contribution is 2.58. The first-order chi connectivity index (χ1) is 12.5. The summed E-state index contributed by atoms with van der Waals surface area (Å²) < 4.78 is 49.5. The van der Waals surface area contributed by atoms with Gasteiger partial charge in [-0.3, -0.25) is 9.13 Å². The van der Waals surface area contributed by atoms with Crippen LogP contribution < -0.4 is 0 Å². The molecule has 0 aliphatic carbocycles. The van der Waals surface area contributed by atoms with Crippen LogP contribution in [0.3, 0.4) is 0 Å². The maximum atomic E-state index is 11.6. The Kier molecular flexibility index (Phi) is 17.6. The van der Waals surface area contributed by atoms with Crippen LogP contribution >= 0.6 is 22.1 Å². The van der Waals surface area contributed by atoms with Gasteiger partial charge < -0.3 is 18.1 Å². The van der Waals surface area contributed by atoms with Crippen molar-refractivity contribution >= 4 is 22.1 Å². The predicted molar refractivity (Wildman–Crippen MR) is 137 cm³/mol. The number of hydrogen-bond donors (Lipinski definition) is 0. The Morgan fingerprint density at radius 1 is 0.667 bits per heavy atom. The highest BCUT2D eigenvalue weighted by Gasteiger charge is 2.37. The molecule has 0 fully saturated rings. The van der Waals surface area contributed by atoms with Gasteiger partial charge >= 0.3 is 7.60 Å². The molecule has 0 amide bonds. The molecule has 9 heteroatoms. The van der Waals surface area contributed by atoms with E-state index < -0.39 is 27.3 Å². The molecule has 0 bridgehead atoms. The highest BCUT2D eigenvalue weighted by molar-refractivity contribution is 7.64. The minimum atomic E-state index is -2.86. The summed E-state index contributed by atoms with van der Waals surface area (Å²) in [4.78, 5) is 0. The van der Waals surface area contributed by atoms with E-state index in [4.69, 9.17) is 13.6 Å². The first-order valence-electron chi connectivity index (χ1n) is 10.00. The van der Waals surface area contributed by atoms with Crippen LogP contribution in [0.5, 0.6) is 0 Å². The first-order valence-corrected chi connectivity index (χ1v) is 16.0. The van der Waals surface area contributed by atoms with Crippen molar-refractivity contribution in [2.75, 3.05) is 40.3 Å². The maximum absolute atomic E-state index is 11.6. The van der Waals surface area contributed by atoms with Crippen molar-refractivity contribution in [2.45, 2.75) is 99.1 Å². The topological polar surface area (TPSA) is 78.9 Å². The molecule has 188 valence electrons. The average molecular weight is 495 g/mol. The molecule has 2 unspecified atom stereocenters. The molecule has 0 N–H and O–H groups in total. The third-order valence-corrected chi connectivity index (χ3v) is 14.8. The Morgan fingerprint density at radius 2 is 1.00 bits per heavy atom. The third kappa shape index (κ3) is 13.2. The smallest absolute Gasteiger partial charge is 0.329 e. The second-order valence-corrected chi connectivity index (χ2v) is 20.6. The molecule has 2 atom stereocenters. The van der Waals surface area contributed by atoms with E-state index in [0.29, 0.717) is 6.61 Å². The van der Waals surface area contributed by atoms with Gasteiger partial charge in [0.15, 0.2) is 0 Å². The fourth-order valence-electron chi connectivity index (χ4n) is 1.54. The Morgan fingerprint density at radius 3 is 1.03 bits per heavy atom. The molecule has 0 aromatic rings. The minimum Gasteiger partial charge on any atom is -0.329 e. The van der Waals surface area contributed by atoms with Crippen LogP contribution in [0.15, 0.2) is 0 Å². The van der Waals surface area contributed by atoms with Crippen molar-refractivity contribution in [3.8, 4) is 0 Å². The van der Waals surface area contributed by atoms with Crippen LogP contribution in [0, 0.1) is 0 Å². The number of rotatable bonds is 5. The monoisotopic (exact) mass is 494 g/mol. The lowest BCUT2D eigenvalue weighted by molar-refractivity contribution is 0.255. The molecular formula is C21H53O6P3. The summed E-state index contributed by atoms with van der Waals surface area (Å²) in [5.74, 6) is 0. The van der Waals surface area contributed by atoms with Gasteiger partial charge in [0.2, 0.25) is 7.37 Å². The van der Waals surface area contributed by atoms with Gasteiger partial charge in [-0.05, 0) is 40.5 Å². The quantitative estimate of drug-likeness (QED) is 0.357. The van der Waals surface area contributed by atoms with Crippen LogP contribution in [0.25, 0.3) is 0 Å². The van der Waals surface area contributed by atoms with Gasteiger partial charge in [0.1, 0.15) is 0 Å². The summed E-state index contributed by atoms with van der Waals surface area (Å²) in [7, 11) is -4.30. The zero-order valence-corrected chi connectivity index (χ0v) is 24.4. The number of hydrogen-bond acceptors (Lipinski definition) is 6. The maximum Gasteiger partial charge on any atom is 0.335 e. The summed E-state index contributed by atoms with van der Waals surface area (Å²) in [5, 5.41) is -0.652. The molecule has 0 aromatic heterocycles. The molecule has 0 aliphatic rings. The minimum absolute atomic E-state index is 0. The lowest BCUT2D eigenvalue weighted by Crippen LogP contribution is -2.16. The van der Waals surface area contributed by atoms with E-state index in [1.54, 1.807) is 6.66 Å². The van der Waals surface area contributed by atoms with Gasteiger partial charge in [0.25, 0.3) is 0 Å². The lowest BCUT2D eigenvalue weighted by atomic mass is 10.3. The normalized spacial score (nSPS) is 16.5. The molecule has 0 rings (SSSR count). The molecule has 6 nitrogen and oxygen atoms in total. The molecule has 0 aromatic carbocycles. The van der Waals surface area contributed by atoms with Gasteiger partial charge in [0, 0.05) is 31.2 Å². The van der Waals surface area contributed by atoms with E-state index >= 15 is 0 Å². The summed E-state index contributed by atoms with van der Waals surface area (Å²) in [6, 6.07) is 0.